The molecule has 0 unspecified atom stereocenters. The second-order valence-corrected chi connectivity index (χ2v) is 7.55. The second kappa shape index (κ2) is 13.8. The second-order valence-electron chi connectivity index (χ2n) is 7.55. The van der Waals surface area contributed by atoms with Crippen LogP contribution in [0, 0.1) is 12.4 Å². The first-order chi connectivity index (χ1) is 15.9. The molecule has 1 fully saturated rings. The van der Waals surface area contributed by atoms with E-state index < -0.39 is 41.7 Å². The Bertz CT molecular complexity index is 838. The number of alkyl halides is 3. The fraction of sp³-hybridized carbons (Fsp3) is 0.571. The van der Waals surface area contributed by atoms with Crippen LogP contribution in [0.25, 0.3) is 4.85 Å². The maximum absolute atomic E-state index is 13.3. The van der Waals surface area contributed by atoms with Gasteiger partial charge in [-0.2, -0.15) is 13.2 Å². The van der Waals surface area contributed by atoms with Gasteiger partial charge in [0.05, 0.1) is 5.56 Å². The number of aliphatic hydroxyl groups is 2. The van der Waals surface area contributed by atoms with Gasteiger partial charge in [-0.05, 0) is 43.6 Å². The zero-order chi connectivity index (χ0) is 25.9. The van der Waals surface area contributed by atoms with Gasteiger partial charge in [-0.15, -0.1) is 0 Å². The molecule has 1 saturated heterocycles. The lowest BCUT2D eigenvalue weighted by atomic mass is 10.0. The quantitative estimate of drug-likeness (QED) is 0.199. The Morgan fingerprint density at radius 1 is 1.15 bits per heavy atom. The highest BCUT2D eigenvalue weighted by molar-refractivity contribution is 5.83. The van der Waals surface area contributed by atoms with Gasteiger partial charge in [0, 0.05) is 25.6 Å². The van der Waals surface area contributed by atoms with Crippen LogP contribution in [0.5, 0.6) is 0 Å². The molecule has 0 saturated carbocycles. The van der Waals surface area contributed by atoms with E-state index in [0.717, 1.165) is 32.0 Å². The molecule has 1 heterocycles. The zero-order valence-corrected chi connectivity index (χ0v) is 18.1. The Morgan fingerprint density at radius 2 is 1.71 bits per heavy atom. The number of nitrogens with zero attached hydrogens (tertiary/aromatic N) is 2. The molecule has 1 aliphatic heterocycles. The highest BCUT2D eigenvalue weighted by Crippen LogP contribution is 2.33. The highest BCUT2D eigenvalue weighted by atomic mass is 19.4. The molecule has 190 valence electrons. The van der Waals surface area contributed by atoms with E-state index in [4.69, 9.17) is 27.0 Å². The van der Waals surface area contributed by atoms with Crippen LogP contribution in [-0.4, -0.2) is 81.7 Å². The molecule has 9 nitrogen and oxygen atoms in total. The van der Waals surface area contributed by atoms with Gasteiger partial charge in [0.2, 0.25) is 6.54 Å². The van der Waals surface area contributed by atoms with Gasteiger partial charge in [0.25, 0.3) is 0 Å². The van der Waals surface area contributed by atoms with Gasteiger partial charge in [-0.1, -0.05) is 6.07 Å². The van der Waals surface area contributed by atoms with E-state index >= 15 is 0 Å². The van der Waals surface area contributed by atoms with Crippen molar-refractivity contribution in [3.8, 4) is 0 Å². The minimum atomic E-state index is -4.58. The third kappa shape index (κ3) is 9.60. The lowest BCUT2D eigenvalue weighted by molar-refractivity contribution is -0.165. The highest BCUT2D eigenvalue weighted by Gasteiger charge is 2.35. The predicted molar refractivity (Wildman–Crippen MR) is 111 cm³/mol. The summed E-state index contributed by atoms with van der Waals surface area (Å²) in [5.74, 6) is -4.42. The lowest BCUT2D eigenvalue weighted by Crippen LogP contribution is -2.43. The number of aliphatic carboxylic acids is 2. The first kappa shape index (κ1) is 29.2. The van der Waals surface area contributed by atoms with E-state index in [0.29, 0.717) is 25.6 Å². The molecule has 13 heteroatoms. The van der Waals surface area contributed by atoms with E-state index in [1.54, 1.807) is 0 Å². The van der Waals surface area contributed by atoms with E-state index in [1.165, 1.54) is 6.07 Å². The molecule has 0 aliphatic carbocycles. The van der Waals surface area contributed by atoms with Crippen LogP contribution in [0.4, 0.5) is 17.6 Å². The standard InChI is InChI=1S/C17H21F4N3.C4H6O6/c1-22-7-2-10-24(15-5-8-23-9-6-15)12-13-3-4-14(18)11-16(13)17(19,20)21;5-1(3(7)8)2(6)4(9)10/h3-4,11,15,23H,2,5-10,12H2;1-2,5-6H,(H,7,8)(H,9,10)/t;1-,2-/m.1/s1. The Hall–Kier alpha value is -2.79. The Labute approximate surface area is 193 Å². The van der Waals surface area contributed by atoms with Crippen LogP contribution >= 0.6 is 0 Å². The van der Waals surface area contributed by atoms with Crippen molar-refractivity contribution in [2.75, 3.05) is 26.2 Å². The molecule has 2 atom stereocenters. The molecule has 0 aromatic heterocycles. The van der Waals surface area contributed by atoms with E-state index in [-0.39, 0.29) is 18.2 Å². The van der Waals surface area contributed by atoms with Gasteiger partial charge in [0.15, 0.2) is 12.2 Å². The number of piperidine rings is 1. The topological polar surface area (TPSA) is 135 Å². The van der Waals surface area contributed by atoms with Crippen molar-refractivity contribution in [3.63, 3.8) is 0 Å². The van der Waals surface area contributed by atoms with Gasteiger partial charge in [-0.25, -0.2) is 20.6 Å². The van der Waals surface area contributed by atoms with Crippen molar-refractivity contribution in [2.24, 2.45) is 0 Å². The summed E-state index contributed by atoms with van der Waals surface area (Å²) < 4.78 is 52.8. The summed E-state index contributed by atoms with van der Waals surface area (Å²) in [5.41, 5.74) is -0.822. The number of hydrogen-bond acceptors (Lipinski definition) is 6. The summed E-state index contributed by atoms with van der Waals surface area (Å²) in [5, 5.41) is 35.8. The van der Waals surface area contributed by atoms with Crippen LogP contribution in [0.15, 0.2) is 18.2 Å². The molecule has 5 N–H and O–H groups in total. The third-order valence-corrected chi connectivity index (χ3v) is 5.10. The minimum absolute atomic E-state index is 0.0882. The van der Waals surface area contributed by atoms with Crippen LogP contribution in [-0.2, 0) is 22.3 Å². The van der Waals surface area contributed by atoms with Crippen molar-refractivity contribution >= 4 is 11.9 Å². The van der Waals surface area contributed by atoms with Crippen molar-refractivity contribution in [1.82, 2.24) is 10.2 Å². The van der Waals surface area contributed by atoms with Crippen molar-refractivity contribution in [2.45, 2.75) is 50.2 Å². The van der Waals surface area contributed by atoms with Crippen LogP contribution in [0.3, 0.4) is 0 Å². The molecule has 1 aromatic carbocycles. The van der Waals surface area contributed by atoms with Gasteiger partial charge >= 0.3 is 18.1 Å². The van der Waals surface area contributed by atoms with E-state index in [1.807, 2.05) is 4.90 Å². The summed E-state index contributed by atoms with van der Waals surface area (Å²) in [7, 11) is 0. The molecule has 0 bridgehead atoms. The maximum Gasteiger partial charge on any atom is 0.416 e. The van der Waals surface area contributed by atoms with Crippen molar-refractivity contribution in [3.05, 3.63) is 46.6 Å². The van der Waals surface area contributed by atoms with Crippen LogP contribution in [0.1, 0.15) is 30.4 Å². The predicted octanol–water partition coefficient (Wildman–Crippen LogP) is 1.59. The Morgan fingerprint density at radius 3 is 2.18 bits per heavy atom. The lowest BCUT2D eigenvalue weighted by Gasteiger charge is -2.35. The number of benzene rings is 1. The average Bonchev–Trinajstić information content (AvgIpc) is 2.78. The molecule has 34 heavy (non-hydrogen) atoms. The SMILES string of the molecule is O=C(O)[C@H](O)[C@@H](O)C(=O)O.[C-]#[N+]CCCN(Cc1ccc(F)cc1C(F)(F)F)C1CCNCC1. The summed E-state index contributed by atoms with van der Waals surface area (Å²) >= 11 is 0. The first-order valence-electron chi connectivity index (χ1n) is 10.3. The Kier molecular flexibility index (Phi) is 11.9. The van der Waals surface area contributed by atoms with Crippen LogP contribution in [0.2, 0.25) is 0 Å². The molecular formula is C21H27F4N3O6. The van der Waals surface area contributed by atoms with E-state index in [9.17, 15) is 27.2 Å². The molecule has 0 amide bonds. The largest absolute Gasteiger partial charge is 0.479 e. The molecule has 1 aromatic rings. The first-order valence-corrected chi connectivity index (χ1v) is 10.3. The number of carbonyl (C=O) groups is 2. The summed E-state index contributed by atoms with van der Waals surface area (Å²) in [6.45, 7) is 9.58. The molecule has 0 radical (unpaired) electrons. The molecule has 2 rings (SSSR count). The molecule has 1 aliphatic rings. The summed E-state index contributed by atoms with van der Waals surface area (Å²) in [6.07, 6.45) is -6.76. The van der Waals surface area contributed by atoms with Gasteiger partial charge in [0.1, 0.15) is 5.82 Å². The number of carboxylic acids is 2. The summed E-state index contributed by atoms with van der Waals surface area (Å²) in [4.78, 5) is 24.9. The fourth-order valence-corrected chi connectivity index (χ4v) is 3.35. The van der Waals surface area contributed by atoms with E-state index in [2.05, 4.69) is 10.2 Å². The average molecular weight is 493 g/mol. The number of halogens is 4. The Balaban J connectivity index is 0.000000489. The number of carboxylic acid groups (broad SMARTS) is 2. The third-order valence-electron chi connectivity index (χ3n) is 5.10. The van der Waals surface area contributed by atoms with Crippen LogP contribution < -0.4 is 5.32 Å². The number of aliphatic hydroxyl groups excluding tert-OH is 2. The fourth-order valence-electron chi connectivity index (χ4n) is 3.35. The summed E-state index contributed by atoms with van der Waals surface area (Å²) in [6, 6.07) is 3.05. The van der Waals surface area contributed by atoms with Crippen molar-refractivity contribution in [1.29, 1.82) is 0 Å². The molecule has 0 spiro atoms. The zero-order valence-electron chi connectivity index (χ0n) is 18.1. The monoisotopic (exact) mass is 493 g/mol. The number of hydrogen-bond donors (Lipinski definition) is 5. The van der Waals surface area contributed by atoms with Gasteiger partial charge in [-0.3, -0.25) is 4.90 Å². The van der Waals surface area contributed by atoms with Crippen molar-refractivity contribution < 1.29 is 47.6 Å². The maximum atomic E-state index is 13.3. The minimum Gasteiger partial charge on any atom is -0.479 e. The smallest absolute Gasteiger partial charge is 0.416 e. The van der Waals surface area contributed by atoms with Gasteiger partial charge < -0.3 is 30.6 Å². The molecular weight excluding hydrogens is 466 g/mol. The normalized spacial score (nSPS) is 16.2. The number of rotatable bonds is 9. The number of nitrogens with one attached hydrogen (secondary N) is 1.